The second kappa shape index (κ2) is 8.19. The topological polar surface area (TPSA) is 46.9 Å². The molecule has 3 aromatic rings. The van der Waals surface area contributed by atoms with Crippen molar-refractivity contribution in [2.45, 2.75) is 52.0 Å². The Labute approximate surface area is 170 Å². The van der Waals surface area contributed by atoms with Gasteiger partial charge in [0, 0.05) is 11.6 Å². The van der Waals surface area contributed by atoms with E-state index in [4.69, 9.17) is 5.10 Å². The SMILES string of the molecule is Cc1ccc(-c2cc(C(=O)NC3CCCCC3)n(-c3ccc(F)cc3)n2)cc1C. The Bertz CT molecular complexity index is 1020. The average molecular weight is 391 g/mol. The molecule has 0 aliphatic heterocycles. The predicted octanol–water partition coefficient (Wildman–Crippen LogP) is 5.36. The molecule has 0 atom stereocenters. The third kappa shape index (κ3) is 4.24. The first-order valence-electron chi connectivity index (χ1n) is 10.3. The lowest BCUT2D eigenvalue weighted by Crippen LogP contribution is -2.37. The van der Waals surface area contributed by atoms with Crippen LogP contribution in [0.4, 0.5) is 4.39 Å². The van der Waals surface area contributed by atoms with Crippen molar-refractivity contribution >= 4 is 5.91 Å². The number of aryl methyl sites for hydroxylation is 2. The van der Waals surface area contributed by atoms with Crippen LogP contribution in [0.1, 0.15) is 53.7 Å². The number of hydrogen-bond donors (Lipinski definition) is 1. The number of carbonyl (C=O) groups is 1. The van der Waals surface area contributed by atoms with Crippen LogP contribution in [0, 0.1) is 19.7 Å². The van der Waals surface area contributed by atoms with Gasteiger partial charge in [0.1, 0.15) is 11.5 Å². The van der Waals surface area contributed by atoms with E-state index < -0.39 is 0 Å². The van der Waals surface area contributed by atoms with Crippen LogP contribution < -0.4 is 5.32 Å². The molecule has 1 saturated carbocycles. The number of benzene rings is 2. The largest absolute Gasteiger partial charge is 0.348 e. The molecule has 150 valence electrons. The van der Waals surface area contributed by atoms with Gasteiger partial charge in [0.2, 0.25) is 0 Å². The lowest BCUT2D eigenvalue weighted by atomic mass is 9.95. The average Bonchev–Trinajstić information content (AvgIpc) is 3.17. The zero-order chi connectivity index (χ0) is 20.4. The zero-order valence-electron chi connectivity index (χ0n) is 16.9. The lowest BCUT2D eigenvalue weighted by Gasteiger charge is -2.22. The number of aromatic nitrogens is 2. The molecular formula is C24H26FN3O. The number of halogens is 1. The van der Waals surface area contributed by atoms with E-state index >= 15 is 0 Å². The van der Waals surface area contributed by atoms with Crippen LogP contribution in [-0.4, -0.2) is 21.7 Å². The minimum Gasteiger partial charge on any atom is -0.348 e. The van der Waals surface area contributed by atoms with Crippen molar-refractivity contribution in [1.82, 2.24) is 15.1 Å². The summed E-state index contributed by atoms with van der Waals surface area (Å²) >= 11 is 0. The van der Waals surface area contributed by atoms with Gasteiger partial charge in [-0.15, -0.1) is 0 Å². The van der Waals surface area contributed by atoms with Gasteiger partial charge in [-0.25, -0.2) is 9.07 Å². The summed E-state index contributed by atoms with van der Waals surface area (Å²) in [5.41, 5.74) is 5.20. The highest BCUT2D eigenvalue weighted by molar-refractivity contribution is 5.94. The van der Waals surface area contributed by atoms with Crippen LogP contribution in [-0.2, 0) is 0 Å². The van der Waals surface area contributed by atoms with Crippen molar-refractivity contribution < 1.29 is 9.18 Å². The van der Waals surface area contributed by atoms with Crippen molar-refractivity contribution in [1.29, 1.82) is 0 Å². The molecule has 0 saturated heterocycles. The number of rotatable bonds is 4. The molecule has 1 fully saturated rings. The number of nitrogens with one attached hydrogen (secondary N) is 1. The monoisotopic (exact) mass is 391 g/mol. The van der Waals surface area contributed by atoms with E-state index in [1.54, 1.807) is 16.8 Å². The Hall–Kier alpha value is -2.95. The normalized spacial score (nSPS) is 14.7. The summed E-state index contributed by atoms with van der Waals surface area (Å²) in [4.78, 5) is 13.1. The molecule has 0 spiro atoms. The summed E-state index contributed by atoms with van der Waals surface area (Å²) < 4.78 is 15.0. The predicted molar refractivity (Wildman–Crippen MR) is 113 cm³/mol. The van der Waals surface area contributed by atoms with E-state index in [1.165, 1.54) is 29.7 Å². The van der Waals surface area contributed by atoms with Gasteiger partial charge in [-0.1, -0.05) is 31.4 Å². The van der Waals surface area contributed by atoms with E-state index in [-0.39, 0.29) is 17.8 Å². The second-order valence-electron chi connectivity index (χ2n) is 7.91. The van der Waals surface area contributed by atoms with Gasteiger partial charge < -0.3 is 5.32 Å². The van der Waals surface area contributed by atoms with E-state index in [1.807, 2.05) is 12.1 Å². The second-order valence-corrected chi connectivity index (χ2v) is 7.91. The molecule has 4 nitrogen and oxygen atoms in total. The summed E-state index contributed by atoms with van der Waals surface area (Å²) in [6, 6.07) is 14.2. The van der Waals surface area contributed by atoms with Gasteiger partial charge in [0.15, 0.2) is 0 Å². The van der Waals surface area contributed by atoms with Crippen LogP contribution in [0.5, 0.6) is 0 Å². The smallest absolute Gasteiger partial charge is 0.270 e. The first-order chi connectivity index (χ1) is 14.0. The van der Waals surface area contributed by atoms with Crippen molar-refractivity contribution in [2.75, 3.05) is 0 Å². The molecule has 29 heavy (non-hydrogen) atoms. The van der Waals surface area contributed by atoms with Crippen LogP contribution in [0.25, 0.3) is 16.9 Å². The van der Waals surface area contributed by atoms with Gasteiger partial charge in [-0.3, -0.25) is 4.79 Å². The third-order valence-corrected chi connectivity index (χ3v) is 5.76. The van der Waals surface area contributed by atoms with Crippen molar-refractivity contribution in [3.63, 3.8) is 0 Å². The van der Waals surface area contributed by atoms with Crippen LogP contribution in [0.2, 0.25) is 0 Å². The Morgan fingerprint density at radius 1 is 1.00 bits per heavy atom. The summed E-state index contributed by atoms with van der Waals surface area (Å²) in [5, 5.41) is 7.87. The first kappa shape index (κ1) is 19.4. The van der Waals surface area contributed by atoms with Gasteiger partial charge >= 0.3 is 0 Å². The number of hydrogen-bond acceptors (Lipinski definition) is 2. The van der Waals surface area contributed by atoms with E-state index in [9.17, 15) is 9.18 Å². The molecule has 1 aliphatic rings. The fraction of sp³-hybridized carbons (Fsp3) is 0.333. The first-order valence-corrected chi connectivity index (χ1v) is 10.3. The molecule has 0 bridgehead atoms. The van der Waals surface area contributed by atoms with Crippen LogP contribution in [0.3, 0.4) is 0 Å². The molecular weight excluding hydrogens is 365 g/mol. The van der Waals surface area contributed by atoms with Crippen LogP contribution in [0.15, 0.2) is 48.5 Å². The molecule has 1 aliphatic carbocycles. The third-order valence-electron chi connectivity index (χ3n) is 5.76. The highest BCUT2D eigenvalue weighted by atomic mass is 19.1. The molecule has 1 aromatic heterocycles. The fourth-order valence-electron chi connectivity index (χ4n) is 3.87. The standard InChI is InChI=1S/C24H26FN3O/c1-16-8-9-18(14-17(16)2)22-15-23(24(29)26-20-6-4-3-5-7-20)28(27-22)21-12-10-19(25)11-13-21/h8-15,20H,3-7H2,1-2H3,(H,26,29). The fourth-order valence-corrected chi connectivity index (χ4v) is 3.87. The maximum absolute atomic E-state index is 13.4. The van der Waals surface area contributed by atoms with E-state index in [0.29, 0.717) is 11.4 Å². The summed E-state index contributed by atoms with van der Waals surface area (Å²) in [6.07, 6.45) is 5.56. The van der Waals surface area contributed by atoms with Crippen LogP contribution >= 0.6 is 0 Å². The zero-order valence-corrected chi connectivity index (χ0v) is 16.9. The summed E-state index contributed by atoms with van der Waals surface area (Å²) in [5.74, 6) is -0.452. The molecule has 1 heterocycles. The Morgan fingerprint density at radius 2 is 1.72 bits per heavy atom. The number of amides is 1. The van der Waals surface area contributed by atoms with Crippen molar-refractivity contribution in [3.05, 3.63) is 71.2 Å². The number of carbonyl (C=O) groups excluding carboxylic acids is 1. The molecule has 2 aromatic carbocycles. The van der Waals surface area contributed by atoms with Gasteiger partial charge in [-0.05, 0) is 74.2 Å². The Morgan fingerprint density at radius 3 is 2.41 bits per heavy atom. The molecule has 0 radical (unpaired) electrons. The summed E-state index contributed by atoms with van der Waals surface area (Å²) in [7, 11) is 0. The lowest BCUT2D eigenvalue weighted by molar-refractivity contribution is 0.0920. The van der Waals surface area contributed by atoms with Gasteiger partial charge in [0.05, 0.1) is 11.4 Å². The molecule has 0 unspecified atom stereocenters. The molecule has 4 rings (SSSR count). The van der Waals surface area contributed by atoms with Crippen molar-refractivity contribution in [3.8, 4) is 16.9 Å². The molecule has 5 heteroatoms. The van der Waals surface area contributed by atoms with Gasteiger partial charge in [-0.2, -0.15) is 5.10 Å². The minimum absolute atomic E-state index is 0.135. The maximum Gasteiger partial charge on any atom is 0.270 e. The Balaban J connectivity index is 1.72. The van der Waals surface area contributed by atoms with E-state index in [0.717, 1.165) is 36.9 Å². The quantitative estimate of drug-likeness (QED) is 0.651. The highest BCUT2D eigenvalue weighted by Crippen LogP contribution is 2.25. The van der Waals surface area contributed by atoms with E-state index in [2.05, 4.69) is 31.3 Å². The Kier molecular flexibility index (Phi) is 5.47. The molecule has 1 N–H and O–H groups in total. The highest BCUT2D eigenvalue weighted by Gasteiger charge is 2.22. The minimum atomic E-state index is -0.316. The maximum atomic E-state index is 13.4. The number of nitrogens with zero attached hydrogens (tertiary/aromatic N) is 2. The van der Waals surface area contributed by atoms with Crippen molar-refractivity contribution in [2.24, 2.45) is 0 Å². The molecule has 1 amide bonds. The summed E-state index contributed by atoms with van der Waals surface area (Å²) in [6.45, 7) is 4.13. The van der Waals surface area contributed by atoms with Gasteiger partial charge in [0.25, 0.3) is 5.91 Å².